The zero-order valence-electron chi connectivity index (χ0n) is 9.94. The highest BCUT2D eigenvalue weighted by molar-refractivity contribution is 5.25. The van der Waals surface area contributed by atoms with E-state index < -0.39 is 0 Å². The zero-order valence-corrected chi connectivity index (χ0v) is 9.94. The molecule has 0 saturated carbocycles. The smallest absolute Gasteiger partial charge is 0.147 e. The molecule has 17 heavy (non-hydrogen) atoms. The van der Waals surface area contributed by atoms with E-state index in [-0.39, 0.29) is 12.4 Å². The molecular weight excluding hydrogens is 219 g/mol. The lowest BCUT2D eigenvalue weighted by Crippen LogP contribution is -2.06. The molecule has 0 amide bonds. The number of hydrogen-bond acceptors (Lipinski definition) is 3. The summed E-state index contributed by atoms with van der Waals surface area (Å²) < 4.78 is 15.1. The molecule has 0 saturated heterocycles. The first-order chi connectivity index (χ1) is 8.10. The lowest BCUT2D eigenvalue weighted by atomic mass is 10.1. The molecule has 0 unspecified atom stereocenters. The van der Waals surface area contributed by atoms with Gasteiger partial charge in [0, 0.05) is 12.1 Å². The Morgan fingerprint density at radius 1 is 1.35 bits per heavy atom. The van der Waals surface area contributed by atoms with E-state index in [4.69, 9.17) is 5.73 Å². The van der Waals surface area contributed by atoms with Crippen LogP contribution in [0.25, 0.3) is 0 Å². The molecule has 0 aliphatic heterocycles. The van der Waals surface area contributed by atoms with E-state index in [1.54, 1.807) is 16.8 Å². The first kappa shape index (κ1) is 11.7. The fourth-order valence-electron chi connectivity index (χ4n) is 1.77. The topological polar surface area (TPSA) is 56.7 Å². The van der Waals surface area contributed by atoms with Crippen LogP contribution in [0.2, 0.25) is 0 Å². The predicted molar refractivity (Wildman–Crippen MR) is 62.9 cm³/mol. The normalized spacial score (nSPS) is 10.8. The summed E-state index contributed by atoms with van der Waals surface area (Å²) >= 11 is 0. The van der Waals surface area contributed by atoms with Crippen LogP contribution in [-0.4, -0.2) is 14.8 Å². The average Bonchev–Trinajstić information content (AvgIpc) is 2.60. The van der Waals surface area contributed by atoms with Gasteiger partial charge >= 0.3 is 0 Å². The van der Waals surface area contributed by atoms with Crippen LogP contribution in [0.4, 0.5) is 4.39 Å². The van der Waals surface area contributed by atoms with Crippen molar-refractivity contribution >= 4 is 0 Å². The maximum Gasteiger partial charge on any atom is 0.147 e. The quantitative estimate of drug-likeness (QED) is 0.876. The van der Waals surface area contributed by atoms with Crippen molar-refractivity contribution in [1.29, 1.82) is 0 Å². The second-order valence-electron chi connectivity index (χ2n) is 3.99. The fraction of sp³-hybridized carbons (Fsp3) is 0.333. The van der Waals surface area contributed by atoms with Gasteiger partial charge in [-0.3, -0.25) is 0 Å². The number of benzene rings is 1. The molecular formula is C12H15FN4. The molecule has 5 heteroatoms. The van der Waals surface area contributed by atoms with Crippen LogP contribution in [0.1, 0.15) is 22.8 Å². The van der Waals surface area contributed by atoms with E-state index in [1.807, 2.05) is 13.8 Å². The number of aromatic nitrogens is 3. The minimum absolute atomic E-state index is 0.203. The molecule has 1 heterocycles. The number of nitrogens with two attached hydrogens (primary N) is 1. The van der Waals surface area contributed by atoms with Gasteiger partial charge < -0.3 is 5.73 Å². The van der Waals surface area contributed by atoms with Crippen LogP contribution in [0.5, 0.6) is 0 Å². The maximum absolute atomic E-state index is 13.3. The molecule has 0 fully saturated rings. The minimum Gasteiger partial charge on any atom is -0.326 e. The number of nitrogens with zero attached hydrogens (tertiary/aromatic N) is 3. The summed E-state index contributed by atoms with van der Waals surface area (Å²) in [6, 6.07) is 4.95. The van der Waals surface area contributed by atoms with Crippen LogP contribution in [0.15, 0.2) is 18.2 Å². The van der Waals surface area contributed by atoms with Gasteiger partial charge in [-0.1, -0.05) is 6.07 Å². The van der Waals surface area contributed by atoms with Crippen LogP contribution < -0.4 is 5.73 Å². The van der Waals surface area contributed by atoms with E-state index in [0.717, 1.165) is 17.2 Å². The molecule has 2 aromatic rings. The van der Waals surface area contributed by atoms with Crippen molar-refractivity contribution in [2.75, 3.05) is 0 Å². The van der Waals surface area contributed by atoms with E-state index in [0.29, 0.717) is 12.1 Å². The Morgan fingerprint density at radius 2 is 2.12 bits per heavy atom. The van der Waals surface area contributed by atoms with Gasteiger partial charge in [0.2, 0.25) is 0 Å². The Hall–Kier alpha value is -1.75. The third kappa shape index (κ3) is 2.50. The molecule has 0 spiro atoms. The van der Waals surface area contributed by atoms with Crippen molar-refractivity contribution in [1.82, 2.24) is 14.8 Å². The molecule has 0 atom stereocenters. The Labute approximate surface area is 99.3 Å². The van der Waals surface area contributed by atoms with Crippen LogP contribution in [0, 0.1) is 19.7 Å². The Morgan fingerprint density at radius 3 is 2.71 bits per heavy atom. The summed E-state index contributed by atoms with van der Waals surface area (Å²) in [5, 5.41) is 4.26. The SMILES string of the molecule is Cc1nc(C)n(Cc2ccc(F)c(CN)c2)n1. The summed E-state index contributed by atoms with van der Waals surface area (Å²) in [6.07, 6.45) is 0. The van der Waals surface area contributed by atoms with Crippen molar-refractivity contribution in [3.8, 4) is 0 Å². The lowest BCUT2D eigenvalue weighted by molar-refractivity contribution is 0.605. The molecule has 0 aliphatic rings. The highest BCUT2D eigenvalue weighted by Gasteiger charge is 2.06. The molecule has 1 aromatic heterocycles. The molecule has 2 N–H and O–H groups in total. The second kappa shape index (κ2) is 4.63. The van der Waals surface area contributed by atoms with Gasteiger partial charge in [0.15, 0.2) is 0 Å². The van der Waals surface area contributed by atoms with E-state index in [2.05, 4.69) is 10.1 Å². The fourth-order valence-corrected chi connectivity index (χ4v) is 1.77. The standard InChI is InChI=1S/C12H15FN4/c1-8-15-9(2)17(16-8)7-10-3-4-12(13)11(5-10)6-14/h3-5H,6-7,14H2,1-2H3. The van der Waals surface area contributed by atoms with E-state index >= 15 is 0 Å². The van der Waals surface area contributed by atoms with Crippen LogP contribution in [0.3, 0.4) is 0 Å². The van der Waals surface area contributed by atoms with Crippen molar-refractivity contribution in [2.24, 2.45) is 5.73 Å². The van der Waals surface area contributed by atoms with Crippen molar-refractivity contribution in [2.45, 2.75) is 26.9 Å². The monoisotopic (exact) mass is 234 g/mol. The Bertz CT molecular complexity index is 533. The van der Waals surface area contributed by atoms with Gasteiger partial charge in [0.05, 0.1) is 6.54 Å². The van der Waals surface area contributed by atoms with E-state index in [1.165, 1.54) is 6.07 Å². The van der Waals surface area contributed by atoms with E-state index in [9.17, 15) is 4.39 Å². The van der Waals surface area contributed by atoms with Gasteiger partial charge in [-0.05, 0) is 31.5 Å². The lowest BCUT2D eigenvalue weighted by Gasteiger charge is -2.06. The highest BCUT2D eigenvalue weighted by atomic mass is 19.1. The van der Waals surface area contributed by atoms with Gasteiger partial charge in [-0.25, -0.2) is 14.1 Å². The minimum atomic E-state index is -0.261. The first-order valence-electron chi connectivity index (χ1n) is 5.45. The van der Waals surface area contributed by atoms with Gasteiger partial charge in [-0.2, -0.15) is 5.10 Å². The maximum atomic E-state index is 13.3. The average molecular weight is 234 g/mol. The number of aryl methyl sites for hydroxylation is 2. The van der Waals surface area contributed by atoms with Gasteiger partial charge in [-0.15, -0.1) is 0 Å². The van der Waals surface area contributed by atoms with Crippen molar-refractivity contribution in [3.05, 3.63) is 46.8 Å². The Balaban J connectivity index is 2.27. The summed E-state index contributed by atoms with van der Waals surface area (Å²) in [5.74, 6) is 1.33. The highest BCUT2D eigenvalue weighted by Crippen LogP contribution is 2.11. The molecule has 1 aromatic carbocycles. The van der Waals surface area contributed by atoms with Crippen molar-refractivity contribution < 1.29 is 4.39 Å². The summed E-state index contributed by atoms with van der Waals surface area (Å²) in [4.78, 5) is 4.22. The first-order valence-corrected chi connectivity index (χ1v) is 5.45. The van der Waals surface area contributed by atoms with Crippen molar-refractivity contribution in [3.63, 3.8) is 0 Å². The predicted octanol–water partition coefficient (Wildman–Crippen LogP) is 1.54. The largest absolute Gasteiger partial charge is 0.326 e. The molecule has 2 rings (SSSR count). The molecule has 90 valence electrons. The number of halogens is 1. The summed E-state index contributed by atoms with van der Waals surface area (Å²) in [6.45, 7) is 4.53. The molecule has 4 nitrogen and oxygen atoms in total. The third-order valence-corrected chi connectivity index (χ3v) is 2.62. The molecule has 0 bridgehead atoms. The molecule has 0 aliphatic carbocycles. The summed E-state index contributed by atoms with van der Waals surface area (Å²) in [5.41, 5.74) is 6.97. The Kier molecular flexibility index (Phi) is 3.19. The molecule has 0 radical (unpaired) electrons. The third-order valence-electron chi connectivity index (χ3n) is 2.62. The van der Waals surface area contributed by atoms with Crippen LogP contribution >= 0.6 is 0 Å². The van der Waals surface area contributed by atoms with Gasteiger partial charge in [0.25, 0.3) is 0 Å². The zero-order chi connectivity index (χ0) is 12.4. The van der Waals surface area contributed by atoms with Gasteiger partial charge in [0.1, 0.15) is 17.5 Å². The number of rotatable bonds is 3. The van der Waals surface area contributed by atoms with Crippen LogP contribution in [-0.2, 0) is 13.1 Å². The summed E-state index contributed by atoms with van der Waals surface area (Å²) in [7, 11) is 0. The number of hydrogen-bond donors (Lipinski definition) is 1. The second-order valence-corrected chi connectivity index (χ2v) is 3.99.